The SMILES string of the molecule is Cc1cnc(C(C)NCc2ccc([N+](=O)[O-])cc2)s1. The molecule has 0 fully saturated rings. The number of benzene rings is 1. The van der Waals surface area contributed by atoms with Gasteiger partial charge in [-0.2, -0.15) is 0 Å². The van der Waals surface area contributed by atoms with Gasteiger partial charge in [0.15, 0.2) is 0 Å². The zero-order valence-corrected chi connectivity index (χ0v) is 11.6. The molecule has 5 nitrogen and oxygen atoms in total. The zero-order valence-electron chi connectivity index (χ0n) is 10.8. The van der Waals surface area contributed by atoms with Gasteiger partial charge in [-0.05, 0) is 19.4 Å². The minimum absolute atomic E-state index is 0.118. The van der Waals surface area contributed by atoms with Crippen molar-refractivity contribution in [3.63, 3.8) is 0 Å². The number of nitro benzene ring substituents is 1. The molecule has 0 aliphatic heterocycles. The number of aryl methyl sites for hydroxylation is 1. The van der Waals surface area contributed by atoms with Gasteiger partial charge in [0.1, 0.15) is 5.01 Å². The third-order valence-corrected chi connectivity index (χ3v) is 3.86. The predicted octanol–water partition coefficient (Wildman–Crippen LogP) is 3.21. The summed E-state index contributed by atoms with van der Waals surface area (Å²) in [7, 11) is 0. The maximum absolute atomic E-state index is 10.5. The van der Waals surface area contributed by atoms with Crippen LogP contribution in [0.15, 0.2) is 30.5 Å². The fourth-order valence-corrected chi connectivity index (χ4v) is 2.47. The summed E-state index contributed by atoms with van der Waals surface area (Å²) in [6.45, 7) is 4.76. The second-order valence-corrected chi connectivity index (χ2v) is 5.60. The largest absolute Gasteiger partial charge is 0.304 e. The monoisotopic (exact) mass is 277 g/mol. The molecule has 0 aliphatic rings. The molecule has 2 aromatic rings. The summed E-state index contributed by atoms with van der Waals surface area (Å²) in [5.41, 5.74) is 1.14. The number of nitrogens with zero attached hydrogens (tertiary/aromatic N) is 2. The van der Waals surface area contributed by atoms with Crippen molar-refractivity contribution in [2.75, 3.05) is 0 Å². The van der Waals surface area contributed by atoms with E-state index in [2.05, 4.69) is 17.2 Å². The van der Waals surface area contributed by atoms with Crippen LogP contribution in [0.25, 0.3) is 0 Å². The number of rotatable bonds is 5. The average molecular weight is 277 g/mol. The van der Waals surface area contributed by atoms with Crippen LogP contribution in [0.5, 0.6) is 0 Å². The molecule has 0 saturated heterocycles. The van der Waals surface area contributed by atoms with Gasteiger partial charge in [-0.25, -0.2) is 4.98 Å². The Balaban J connectivity index is 1.93. The van der Waals surface area contributed by atoms with Crippen LogP contribution in [0.1, 0.15) is 28.4 Å². The van der Waals surface area contributed by atoms with Crippen LogP contribution in [0.2, 0.25) is 0 Å². The third kappa shape index (κ3) is 3.59. The molecule has 1 unspecified atom stereocenters. The van der Waals surface area contributed by atoms with Gasteiger partial charge < -0.3 is 5.32 Å². The van der Waals surface area contributed by atoms with Crippen molar-refractivity contribution in [1.82, 2.24) is 10.3 Å². The number of nitrogens with one attached hydrogen (secondary N) is 1. The Labute approximate surface area is 115 Å². The molecule has 1 N–H and O–H groups in total. The van der Waals surface area contributed by atoms with E-state index >= 15 is 0 Å². The number of nitro groups is 1. The summed E-state index contributed by atoms with van der Waals surface area (Å²) >= 11 is 1.67. The smallest absolute Gasteiger partial charge is 0.269 e. The van der Waals surface area contributed by atoms with E-state index in [0.717, 1.165) is 10.6 Å². The van der Waals surface area contributed by atoms with Crippen LogP contribution < -0.4 is 5.32 Å². The van der Waals surface area contributed by atoms with Crippen molar-refractivity contribution in [3.8, 4) is 0 Å². The van der Waals surface area contributed by atoms with E-state index in [1.54, 1.807) is 23.5 Å². The summed E-state index contributed by atoms with van der Waals surface area (Å²) in [6, 6.07) is 6.76. The number of thiazole rings is 1. The van der Waals surface area contributed by atoms with Crippen molar-refractivity contribution < 1.29 is 4.92 Å². The van der Waals surface area contributed by atoms with E-state index in [4.69, 9.17) is 0 Å². The highest BCUT2D eigenvalue weighted by Crippen LogP contribution is 2.19. The van der Waals surface area contributed by atoms with Gasteiger partial charge in [0.05, 0.1) is 11.0 Å². The van der Waals surface area contributed by atoms with Gasteiger partial charge in [-0.1, -0.05) is 12.1 Å². The lowest BCUT2D eigenvalue weighted by Gasteiger charge is -2.10. The van der Waals surface area contributed by atoms with Crippen molar-refractivity contribution in [2.24, 2.45) is 0 Å². The number of non-ortho nitro benzene ring substituents is 1. The van der Waals surface area contributed by atoms with Crippen LogP contribution in [0.4, 0.5) is 5.69 Å². The Morgan fingerprint density at radius 3 is 2.63 bits per heavy atom. The maximum Gasteiger partial charge on any atom is 0.269 e. The Kier molecular flexibility index (Phi) is 4.24. The molecule has 6 heteroatoms. The quantitative estimate of drug-likeness (QED) is 0.673. The summed E-state index contributed by atoms with van der Waals surface area (Å²) in [4.78, 5) is 15.7. The van der Waals surface area contributed by atoms with Gasteiger partial charge in [0.2, 0.25) is 0 Å². The lowest BCUT2D eigenvalue weighted by molar-refractivity contribution is -0.384. The highest BCUT2D eigenvalue weighted by atomic mass is 32.1. The fourth-order valence-electron chi connectivity index (χ4n) is 1.67. The molecular formula is C13H15N3O2S. The Morgan fingerprint density at radius 2 is 2.11 bits per heavy atom. The summed E-state index contributed by atoms with van der Waals surface area (Å²) in [5.74, 6) is 0. The normalized spacial score (nSPS) is 12.3. The molecule has 19 heavy (non-hydrogen) atoms. The zero-order chi connectivity index (χ0) is 13.8. The van der Waals surface area contributed by atoms with Gasteiger partial charge in [0, 0.05) is 29.8 Å². The standard InChI is InChI=1S/C13H15N3O2S/c1-9-7-15-13(19-9)10(2)14-8-11-3-5-12(6-4-11)16(17)18/h3-7,10,14H,8H2,1-2H3. The lowest BCUT2D eigenvalue weighted by Crippen LogP contribution is -2.17. The second-order valence-electron chi connectivity index (χ2n) is 4.34. The molecule has 0 amide bonds. The summed E-state index contributed by atoms with van der Waals surface area (Å²) in [5, 5.41) is 15.0. The fraction of sp³-hybridized carbons (Fsp3) is 0.308. The van der Waals surface area contributed by atoms with E-state index in [-0.39, 0.29) is 11.7 Å². The molecular weight excluding hydrogens is 262 g/mol. The molecule has 2 rings (SSSR count). The first kappa shape index (κ1) is 13.6. The molecule has 100 valence electrons. The number of hydrogen-bond acceptors (Lipinski definition) is 5. The molecule has 1 atom stereocenters. The topological polar surface area (TPSA) is 68.1 Å². The van der Waals surface area contributed by atoms with Gasteiger partial charge in [0.25, 0.3) is 5.69 Å². The average Bonchev–Trinajstić information content (AvgIpc) is 2.83. The molecule has 0 radical (unpaired) electrons. The van der Waals surface area contributed by atoms with Gasteiger partial charge in [-0.3, -0.25) is 10.1 Å². The molecule has 1 aromatic carbocycles. The van der Waals surface area contributed by atoms with E-state index in [0.29, 0.717) is 6.54 Å². The molecule has 1 heterocycles. The predicted molar refractivity (Wildman–Crippen MR) is 75.2 cm³/mol. The third-order valence-electron chi connectivity index (χ3n) is 2.77. The van der Waals surface area contributed by atoms with Gasteiger partial charge in [-0.15, -0.1) is 11.3 Å². The van der Waals surface area contributed by atoms with E-state index in [1.807, 2.05) is 13.1 Å². The molecule has 0 bridgehead atoms. The van der Waals surface area contributed by atoms with Crippen molar-refractivity contribution >= 4 is 17.0 Å². The molecule has 1 aromatic heterocycles. The first-order valence-electron chi connectivity index (χ1n) is 5.95. The van der Waals surface area contributed by atoms with E-state index in [9.17, 15) is 10.1 Å². The van der Waals surface area contributed by atoms with Crippen molar-refractivity contribution in [2.45, 2.75) is 26.4 Å². The first-order chi connectivity index (χ1) is 9.06. The van der Waals surface area contributed by atoms with Crippen molar-refractivity contribution in [3.05, 3.63) is 56.0 Å². The van der Waals surface area contributed by atoms with Gasteiger partial charge >= 0.3 is 0 Å². The Bertz CT molecular complexity index is 566. The van der Waals surface area contributed by atoms with Crippen molar-refractivity contribution in [1.29, 1.82) is 0 Å². The molecule has 0 saturated carbocycles. The molecule has 0 aliphatic carbocycles. The van der Waals surface area contributed by atoms with Crippen LogP contribution in [-0.2, 0) is 6.54 Å². The highest BCUT2D eigenvalue weighted by molar-refractivity contribution is 7.11. The first-order valence-corrected chi connectivity index (χ1v) is 6.77. The summed E-state index contributed by atoms with van der Waals surface area (Å²) < 4.78 is 0. The second kappa shape index (κ2) is 5.90. The Morgan fingerprint density at radius 1 is 1.42 bits per heavy atom. The lowest BCUT2D eigenvalue weighted by atomic mass is 10.2. The number of hydrogen-bond donors (Lipinski definition) is 1. The highest BCUT2D eigenvalue weighted by Gasteiger charge is 2.09. The maximum atomic E-state index is 10.5. The van der Waals surface area contributed by atoms with Crippen LogP contribution in [0, 0.1) is 17.0 Å². The Hall–Kier alpha value is -1.79. The van der Waals surface area contributed by atoms with E-state index < -0.39 is 4.92 Å². The minimum atomic E-state index is -0.391. The number of aromatic nitrogens is 1. The van der Waals surface area contributed by atoms with Crippen LogP contribution in [-0.4, -0.2) is 9.91 Å². The summed E-state index contributed by atoms with van der Waals surface area (Å²) in [6.07, 6.45) is 1.87. The van der Waals surface area contributed by atoms with Crippen LogP contribution in [0.3, 0.4) is 0 Å². The van der Waals surface area contributed by atoms with Crippen LogP contribution >= 0.6 is 11.3 Å². The minimum Gasteiger partial charge on any atom is -0.304 e. The van der Waals surface area contributed by atoms with E-state index in [1.165, 1.54) is 17.0 Å². The molecule has 0 spiro atoms.